The number of amides is 1. The average Bonchev–Trinajstić information content (AvgIpc) is 3.05. The van der Waals surface area contributed by atoms with Crippen LogP contribution >= 0.6 is 11.3 Å². The quantitative estimate of drug-likeness (QED) is 0.739. The summed E-state index contributed by atoms with van der Waals surface area (Å²) in [4.78, 5) is 26.5. The highest BCUT2D eigenvalue weighted by Crippen LogP contribution is 2.12. The topological polar surface area (TPSA) is 55.2 Å². The van der Waals surface area contributed by atoms with Crippen molar-refractivity contribution in [1.29, 1.82) is 0 Å². The van der Waals surface area contributed by atoms with Gasteiger partial charge < -0.3 is 4.90 Å². The fourth-order valence-electron chi connectivity index (χ4n) is 2.51. The smallest absolute Gasteiger partial charge is 0.275 e. The lowest BCUT2D eigenvalue weighted by Gasteiger charge is -2.17. The molecule has 0 spiro atoms. The molecule has 0 atom stereocenters. The largest absolute Gasteiger partial charge is 0.340 e. The summed E-state index contributed by atoms with van der Waals surface area (Å²) in [5.41, 5.74) is 1.60. The summed E-state index contributed by atoms with van der Waals surface area (Å²) in [6.45, 7) is 2.33. The highest BCUT2D eigenvalue weighted by atomic mass is 32.1. The second-order valence-corrected chi connectivity index (χ2v) is 6.26. The predicted octanol–water partition coefficient (Wildman–Crippen LogP) is 2.43. The summed E-state index contributed by atoms with van der Waals surface area (Å²) in [7, 11) is 1.74. The Labute approximate surface area is 137 Å². The molecule has 5 nitrogen and oxygen atoms in total. The van der Waals surface area contributed by atoms with Gasteiger partial charge in [-0.15, -0.1) is 0 Å². The molecule has 0 saturated heterocycles. The monoisotopic (exact) mass is 327 g/mol. The molecule has 2 aromatic heterocycles. The highest BCUT2D eigenvalue weighted by molar-refractivity contribution is 7.07. The molecular weight excluding hydrogens is 310 g/mol. The molecule has 1 amide bonds. The Hall–Kier alpha value is -2.47. The molecule has 3 aromatic rings. The molecule has 0 unspecified atom stereocenters. The van der Waals surface area contributed by atoms with Crippen LogP contribution in [0, 0.1) is 6.92 Å². The Kier molecular flexibility index (Phi) is 4.25. The van der Waals surface area contributed by atoms with Gasteiger partial charge in [0.1, 0.15) is 6.54 Å². The molecule has 0 aliphatic heterocycles. The van der Waals surface area contributed by atoms with Crippen LogP contribution in [0.5, 0.6) is 0 Å². The van der Waals surface area contributed by atoms with Gasteiger partial charge in [0.2, 0.25) is 5.91 Å². The van der Waals surface area contributed by atoms with Gasteiger partial charge in [-0.25, -0.2) is 4.68 Å². The van der Waals surface area contributed by atoms with Crippen LogP contribution < -0.4 is 5.56 Å². The fraction of sp³-hybridized carbons (Fsp3) is 0.235. The Bertz CT molecular complexity index is 900. The van der Waals surface area contributed by atoms with E-state index in [0.29, 0.717) is 11.9 Å². The van der Waals surface area contributed by atoms with Crippen LogP contribution in [0.4, 0.5) is 0 Å². The number of hydrogen-bond donors (Lipinski definition) is 0. The van der Waals surface area contributed by atoms with Crippen molar-refractivity contribution in [2.24, 2.45) is 0 Å². The van der Waals surface area contributed by atoms with Gasteiger partial charge in [0.05, 0.1) is 11.1 Å². The Morgan fingerprint density at radius 2 is 2.00 bits per heavy atom. The van der Waals surface area contributed by atoms with Crippen molar-refractivity contribution in [3.63, 3.8) is 0 Å². The van der Waals surface area contributed by atoms with E-state index in [4.69, 9.17) is 0 Å². The predicted molar refractivity (Wildman–Crippen MR) is 91.5 cm³/mol. The summed E-state index contributed by atoms with van der Waals surface area (Å²) in [5, 5.41) is 9.68. The maximum Gasteiger partial charge on any atom is 0.275 e. The van der Waals surface area contributed by atoms with E-state index in [1.165, 1.54) is 4.68 Å². The second kappa shape index (κ2) is 6.34. The first kappa shape index (κ1) is 15.4. The minimum absolute atomic E-state index is 0.0505. The molecule has 0 radical (unpaired) electrons. The van der Waals surface area contributed by atoms with E-state index in [9.17, 15) is 9.59 Å². The first-order valence-electron chi connectivity index (χ1n) is 7.28. The van der Waals surface area contributed by atoms with Crippen LogP contribution in [0.3, 0.4) is 0 Å². The normalized spacial score (nSPS) is 10.9. The minimum atomic E-state index is -0.233. The van der Waals surface area contributed by atoms with Crippen molar-refractivity contribution in [2.45, 2.75) is 20.0 Å². The molecule has 118 valence electrons. The third kappa shape index (κ3) is 3.17. The summed E-state index contributed by atoms with van der Waals surface area (Å²) in [6.07, 6.45) is 0. The number of fused-ring (bicyclic) bond motifs is 1. The van der Waals surface area contributed by atoms with Crippen LogP contribution in [-0.2, 0) is 17.9 Å². The number of hydrogen-bond acceptors (Lipinski definition) is 4. The highest BCUT2D eigenvalue weighted by Gasteiger charge is 2.14. The van der Waals surface area contributed by atoms with Gasteiger partial charge in [-0.1, -0.05) is 18.2 Å². The van der Waals surface area contributed by atoms with Crippen molar-refractivity contribution in [2.75, 3.05) is 7.05 Å². The molecule has 0 saturated carbocycles. The van der Waals surface area contributed by atoms with Gasteiger partial charge >= 0.3 is 0 Å². The van der Waals surface area contributed by atoms with Gasteiger partial charge in [0.15, 0.2) is 0 Å². The third-order valence-electron chi connectivity index (χ3n) is 3.76. The number of thiophene rings is 1. The molecule has 0 aliphatic rings. The number of carbonyl (C=O) groups is 1. The Morgan fingerprint density at radius 3 is 2.70 bits per heavy atom. The molecule has 1 aromatic carbocycles. The summed E-state index contributed by atoms with van der Waals surface area (Å²) in [5.74, 6) is -0.138. The van der Waals surface area contributed by atoms with Gasteiger partial charge in [-0.2, -0.15) is 16.4 Å². The number of aryl methyl sites for hydroxylation is 1. The Balaban J connectivity index is 1.85. The summed E-state index contributed by atoms with van der Waals surface area (Å²) in [6, 6.07) is 9.31. The van der Waals surface area contributed by atoms with Crippen molar-refractivity contribution in [1.82, 2.24) is 14.7 Å². The van der Waals surface area contributed by atoms with E-state index in [-0.39, 0.29) is 18.0 Å². The van der Waals surface area contributed by atoms with E-state index in [2.05, 4.69) is 5.10 Å². The summed E-state index contributed by atoms with van der Waals surface area (Å²) >= 11 is 1.60. The van der Waals surface area contributed by atoms with Crippen LogP contribution in [0.15, 0.2) is 45.9 Å². The number of carbonyl (C=O) groups excluding carboxylic acids is 1. The van der Waals surface area contributed by atoms with Crippen LogP contribution in [0.25, 0.3) is 10.8 Å². The van der Waals surface area contributed by atoms with Crippen molar-refractivity contribution >= 4 is 28.0 Å². The number of likely N-dealkylation sites (N-methyl/N-ethyl adjacent to an activating group) is 1. The molecule has 0 N–H and O–H groups in total. The van der Waals surface area contributed by atoms with Crippen molar-refractivity contribution < 1.29 is 4.79 Å². The zero-order valence-electron chi connectivity index (χ0n) is 13.0. The van der Waals surface area contributed by atoms with Gasteiger partial charge in [-0.05, 0) is 35.4 Å². The van der Waals surface area contributed by atoms with E-state index >= 15 is 0 Å². The zero-order chi connectivity index (χ0) is 16.4. The van der Waals surface area contributed by atoms with E-state index in [0.717, 1.165) is 16.6 Å². The number of benzene rings is 1. The molecule has 0 fully saturated rings. The van der Waals surface area contributed by atoms with E-state index in [1.807, 2.05) is 41.9 Å². The second-order valence-electron chi connectivity index (χ2n) is 5.48. The molecule has 2 heterocycles. The molecule has 0 aliphatic carbocycles. The zero-order valence-corrected chi connectivity index (χ0v) is 13.8. The number of nitrogens with zero attached hydrogens (tertiary/aromatic N) is 3. The SMILES string of the molecule is Cc1nn(CC(=O)N(C)Cc2ccsc2)c(=O)c2ccccc12. The standard InChI is InChI=1S/C17H17N3O2S/c1-12-14-5-3-4-6-15(14)17(22)20(18-12)10-16(21)19(2)9-13-7-8-23-11-13/h3-8,11H,9-10H2,1-2H3. The maximum atomic E-state index is 12.5. The molecule has 23 heavy (non-hydrogen) atoms. The molecule has 6 heteroatoms. The van der Waals surface area contributed by atoms with E-state index in [1.54, 1.807) is 29.4 Å². The van der Waals surface area contributed by atoms with Crippen molar-refractivity contribution in [3.8, 4) is 0 Å². The maximum absolute atomic E-state index is 12.5. The first-order chi connectivity index (χ1) is 11.1. The number of rotatable bonds is 4. The Morgan fingerprint density at radius 1 is 1.26 bits per heavy atom. The van der Waals surface area contributed by atoms with E-state index < -0.39 is 0 Å². The molecular formula is C17H17N3O2S. The van der Waals surface area contributed by atoms with Gasteiger partial charge in [0.25, 0.3) is 5.56 Å². The lowest BCUT2D eigenvalue weighted by molar-refractivity contribution is -0.131. The first-order valence-corrected chi connectivity index (χ1v) is 8.22. The average molecular weight is 327 g/mol. The minimum Gasteiger partial charge on any atom is -0.340 e. The van der Waals surface area contributed by atoms with Crippen LogP contribution in [0.2, 0.25) is 0 Å². The summed E-state index contributed by atoms with van der Waals surface area (Å²) < 4.78 is 1.25. The van der Waals surface area contributed by atoms with Crippen LogP contribution in [0.1, 0.15) is 11.3 Å². The lowest BCUT2D eigenvalue weighted by atomic mass is 10.1. The van der Waals surface area contributed by atoms with Gasteiger partial charge in [0, 0.05) is 19.0 Å². The van der Waals surface area contributed by atoms with Gasteiger partial charge in [-0.3, -0.25) is 9.59 Å². The van der Waals surface area contributed by atoms with Crippen LogP contribution in [-0.4, -0.2) is 27.6 Å². The fourth-order valence-corrected chi connectivity index (χ4v) is 3.16. The third-order valence-corrected chi connectivity index (χ3v) is 4.50. The lowest BCUT2D eigenvalue weighted by Crippen LogP contribution is -2.35. The molecule has 0 bridgehead atoms. The van der Waals surface area contributed by atoms with Crippen molar-refractivity contribution in [3.05, 3.63) is 62.7 Å². The molecule has 3 rings (SSSR count). The number of aromatic nitrogens is 2.